The number of carbonyl (C=O) groups is 1. The van der Waals surface area contributed by atoms with Crippen molar-refractivity contribution in [1.29, 1.82) is 0 Å². The summed E-state index contributed by atoms with van der Waals surface area (Å²) in [7, 11) is 1.69. The van der Waals surface area contributed by atoms with Crippen LogP contribution in [0.2, 0.25) is 0 Å². The first-order valence-corrected chi connectivity index (χ1v) is 10.7. The fourth-order valence-electron chi connectivity index (χ4n) is 4.27. The van der Waals surface area contributed by atoms with Gasteiger partial charge in [-0.05, 0) is 18.2 Å². The summed E-state index contributed by atoms with van der Waals surface area (Å²) < 4.78 is 5.52. The van der Waals surface area contributed by atoms with Gasteiger partial charge in [-0.3, -0.25) is 4.79 Å². The summed E-state index contributed by atoms with van der Waals surface area (Å²) in [6.45, 7) is 2.73. The zero-order chi connectivity index (χ0) is 21.9. The molecule has 0 N–H and O–H groups in total. The zero-order valence-corrected chi connectivity index (χ0v) is 17.9. The van der Waals surface area contributed by atoms with Gasteiger partial charge in [0.2, 0.25) is 0 Å². The normalized spacial score (nSPS) is 13.9. The van der Waals surface area contributed by atoms with Crippen LogP contribution in [0, 0.1) is 0 Å². The molecule has 6 heteroatoms. The van der Waals surface area contributed by atoms with Crippen molar-refractivity contribution >= 4 is 22.5 Å². The molecule has 1 aromatic heterocycles. The van der Waals surface area contributed by atoms with E-state index in [0.717, 1.165) is 41.0 Å². The van der Waals surface area contributed by atoms with E-state index in [0.29, 0.717) is 24.3 Å². The molecule has 0 spiro atoms. The number of amides is 1. The Morgan fingerprint density at radius 3 is 2.28 bits per heavy atom. The zero-order valence-electron chi connectivity index (χ0n) is 17.9. The smallest absolute Gasteiger partial charge is 0.256 e. The number of carbonyl (C=O) groups excluding carboxylic acids is 1. The molecule has 0 unspecified atom stereocenters. The molecule has 1 saturated heterocycles. The van der Waals surface area contributed by atoms with E-state index < -0.39 is 0 Å². The van der Waals surface area contributed by atoms with E-state index in [4.69, 9.17) is 4.74 Å². The maximum Gasteiger partial charge on any atom is 0.256 e. The third-order valence-electron chi connectivity index (χ3n) is 5.92. The summed E-state index contributed by atoms with van der Waals surface area (Å²) in [5, 5.41) is 9.66. The Balaban J connectivity index is 1.47. The van der Waals surface area contributed by atoms with Crippen LogP contribution in [0.3, 0.4) is 0 Å². The SMILES string of the molecule is COc1ccccc1N1CCN(C(=O)c2c(-c3ccccc3)nnc3ccccc23)CC1. The molecule has 0 atom stereocenters. The molecule has 2 heterocycles. The van der Waals surface area contributed by atoms with Crippen molar-refractivity contribution < 1.29 is 9.53 Å². The van der Waals surface area contributed by atoms with Crippen molar-refractivity contribution in [2.45, 2.75) is 0 Å². The van der Waals surface area contributed by atoms with Crippen molar-refractivity contribution in [3.05, 3.63) is 84.4 Å². The lowest BCUT2D eigenvalue weighted by molar-refractivity contribution is 0.0749. The average molecular weight is 425 g/mol. The first-order valence-electron chi connectivity index (χ1n) is 10.7. The number of fused-ring (bicyclic) bond motifs is 1. The molecule has 0 saturated carbocycles. The molecule has 0 radical (unpaired) electrons. The molecule has 32 heavy (non-hydrogen) atoms. The predicted molar refractivity (Wildman–Crippen MR) is 126 cm³/mol. The average Bonchev–Trinajstić information content (AvgIpc) is 2.88. The summed E-state index contributed by atoms with van der Waals surface area (Å²) in [6.07, 6.45) is 0. The highest BCUT2D eigenvalue weighted by atomic mass is 16.5. The second-order valence-corrected chi connectivity index (χ2v) is 7.76. The van der Waals surface area contributed by atoms with Gasteiger partial charge in [0, 0.05) is 37.1 Å². The Morgan fingerprint density at radius 2 is 1.50 bits per heavy atom. The largest absolute Gasteiger partial charge is 0.495 e. The van der Waals surface area contributed by atoms with Crippen LogP contribution in [-0.2, 0) is 0 Å². The molecule has 1 aliphatic heterocycles. The van der Waals surface area contributed by atoms with E-state index in [2.05, 4.69) is 21.2 Å². The topological polar surface area (TPSA) is 58.6 Å². The van der Waals surface area contributed by atoms with Gasteiger partial charge in [-0.2, -0.15) is 0 Å². The highest BCUT2D eigenvalue weighted by Gasteiger charge is 2.27. The third kappa shape index (κ3) is 3.64. The van der Waals surface area contributed by atoms with Gasteiger partial charge in [-0.15, -0.1) is 10.2 Å². The summed E-state index contributed by atoms with van der Waals surface area (Å²) in [6, 6.07) is 25.5. The number of aromatic nitrogens is 2. The van der Waals surface area contributed by atoms with Crippen LogP contribution < -0.4 is 9.64 Å². The van der Waals surface area contributed by atoms with Crippen LogP contribution in [0.25, 0.3) is 22.2 Å². The molecule has 3 aromatic carbocycles. The van der Waals surface area contributed by atoms with E-state index in [1.54, 1.807) is 7.11 Å². The lowest BCUT2D eigenvalue weighted by atomic mass is 10.0. The first kappa shape index (κ1) is 20.0. The summed E-state index contributed by atoms with van der Waals surface area (Å²) >= 11 is 0. The fourth-order valence-corrected chi connectivity index (χ4v) is 4.27. The molecular weight excluding hydrogens is 400 g/mol. The molecule has 160 valence electrons. The Kier molecular flexibility index (Phi) is 5.42. The van der Waals surface area contributed by atoms with Gasteiger partial charge in [0.05, 0.1) is 23.9 Å². The molecule has 0 bridgehead atoms. The molecule has 1 amide bonds. The van der Waals surface area contributed by atoms with Gasteiger partial charge >= 0.3 is 0 Å². The Morgan fingerprint density at radius 1 is 0.812 bits per heavy atom. The number of methoxy groups -OCH3 is 1. The van der Waals surface area contributed by atoms with Gasteiger partial charge < -0.3 is 14.5 Å². The molecule has 1 aliphatic rings. The van der Waals surface area contributed by atoms with Gasteiger partial charge in [-0.1, -0.05) is 60.7 Å². The number of para-hydroxylation sites is 2. The van der Waals surface area contributed by atoms with Crippen molar-refractivity contribution in [3.8, 4) is 17.0 Å². The number of anilines is 1. The second-order valence-electron chi connectivity index (χ2n) is 7.76. The van der Waals surface area contributed by atoms with E-state index in [9.17, 15) is 4.79 Å². The summed E-state index contributed by atoms with van der Waals surface area (Å²) in [5.74, 6) is 0.845. The number of rotatable bonds is 4. The summed E-state index contributed by atoms with van der Waals surface area (Å²) in [4.78, 5) is 18.0. The maximum atomic E-state index is 13.8. The van der Waals surface area contributed by atoms with Crippen molar-refractivity contribution in [1.82, 2.24) is 15.1 Å². The van der Waals surface area contributed by atoms with Crippen LogP contribution in [-0.4, -0.2) is 54.3 Å². The minimum atomic E-state index is -0.00497. The second kappa shape index (κ2) is 8.67. The van der Waals surface area contributed by atoms with Crippen LogP contribution in [0.4, 0.5) is 5.69 Å². The quantitative estimate of drug-likeness (QED) is 0.490. The van der Waals surface area contributed by atoms with E-state index in [-0.39, 0.29) is 5.91 Å². The van der Waals surface area contributed by atoms with E-state index >= 15 is 0 Å². The fraction of sp³-hybridized carbons (Fsp3) is 0.192. The molecule has 0 aliphatic carbocycles. The number of benzene rings is 3. The van der Waals surface area contributed by atoms with Crippen LogP contribution in [0.15, 0.2) is 78.9 Å². The van der Waals surface area contributed by atoms with Crippen molar-refractivity contribution in [3.63, 3.8) is 0 Å². The van der Waals surface area contributed by atoms with Crippen molar-refractivity contribution in [2.75, 3.05) is 38.2 Å². The highest BCUT2D eigenvalue weighted by molar-refractivity contribution is 6.10. The minimum Gasteiger partial charge on any atom is -0.495 e. The highest BCUT2D eigenvalue weighted by Crippen LogP contribution is 2.31. The standard InChI is InChI=1S/C26H24N4O2/c1-32-23-14-8-7-13-22(23)29-15-17-30(18-16-29)26(31)24-20-11-5-6-12-21(20)27-28-25(24)19-9-3-2-4-10-19/h2-14H,15-18H2,1H3. The monoisotopic (exact) mass is 424 g/mol. The molecule has 4 aromatic rings. The lowest BCUT2D eigenvalue weighted by Crippen LogP contribution is -2.49. The molecule has 5 rings (SSSR count). The van der Waals surface area contributed by atoms with Crippen LogP contribution in [0.5, 0.6) is 5.75 Å². The van der Waals surface area contributed by atoms with E-state index in [1.807, 2.05) is 77.7 Å². The Labute approximate surface area is 187 Å². The number of piperazine rings is 1. The minimum absolute atomic E-state index is 0.00497. The third-order valence-corrected chi connectivity index (χ3v) is 5.92. The predicted octanol–water partition coefficient (Wildman–Crippen LogP) is 4.27. The van der Waals surface area contributed by atoms with Gasteiger partial charge in [0.15, 0.2) is 0 Å². The van der Waals surface area contributed by atoms with Crippen molar-refractivity contribution in [2.24, 2.45) is 0 Å². The molecule has 6 nitrogen and oxygen atoms in total. The molecule has 1 fully saturated rings. The number of nitrogens with zero attached hydrogens (tertiary/aromatic N) is 4. The number of hydrogen-bond acceptors (Lipinski definition) is 5. The molecular formula is C26H24N4O2. The lowest BCUT2D eigenvalue weighted by Gasteiger charge is -2.37. The van der Waals surface area contributed by atoms with E-state index in [1.165, 1.54) is 0 Å². The van der Waals surface area contributed by atoms with Gasteiger partial charge in [0.25, 0.3) is 5.91 Å². The Hall–Kier alpha value is -3.93. The van der Waals surface area contributed by atoms with Gasteiger partial charge in [0.1, 0.15) is 11.4 Å². The number of hydrogen-bond donors (Lipinski definition) is 0. The Bertz CT molecular complexity index is 1250. The first-order chi connectivity index (χ1) is 15.8. The van der Waals surface area contributed by atoms with Gasteiger partial charge in [-0.25, -0.2) is 0 Å². The van der Waals surface area contributed by atoms with Crippen LogP contribution in [0.1, 0.15) is 10.4 Å². The van der Waals surface area contributed by atoms with Crippen LogP contribution >= 0.6 is 0 Å². The number of ether oxygens (including phenoxy) is 1. The summed E-state index contributed by atoms with van der Waals surface area (Å²) in [5.41, 5.74) is 3.92. The maximum absolute atomic E-state index is 13.8.